The molecule has 2 aliphatic heterocycles. The molecule has 1 aromatic carbocycles. The predicted octanol–water partition coefficient (Wildman–Crippen LogP) is 2.37. The Kier molecular flexibility index (Phi) is 8.89. The van der Waals surface area contributed by atoms with E-state index < -0.39 is 0 Å². The monoisotopic (exact) mass is 404 g/mol. The number of methoxy groups -OCH3 is 1. The molecule has 2 saturated heterocycles. The van der Waals surface area contributed by atoms with Gasteiger partial charge in [0.25, 0.3) is 0 Å². The molecule has 162 valence electrons. The van der Waals surface area contributed by atoms with Crippen molar-refractivity contribution in [1.82, 2.24) is 10.2 Å². The Morgan fingerprint density at radius 1 is 1.21 bits per heavy atom. The highest BCUT2D eigenvalue weighted by Gasteiger charge is 2.20. The molecule has 0 spiro atoms. The Hall–Kier alpha value is -1.99. The Morgan fingerprint density at radius 2 is 2.00 bits per heavy atom. The van der Waals surface area contributed by atoms with Gasteiger partial charge in [-0.05, 0) is 50.5 Å². The summed E-state index contributed by atoms with van der Waals surface area (Å²) in [5.41, 5.74) is 1.25. The third-order valence-electron chi connectivity index (χ3n) is 5.39. The largest absolute Gasteiger partial charge is 0.497 e. The van der Waals surface area contributed by atoms with Crippen molar-refractivity contribution >= 4 is 11.6 Å². The van der Waals surface area contributed by atoms with Crippen LogP contribution in [0.2, 0.25) is 0 Å². The van der Waals surface area contributed by atoms with E-state index in [0.717, 1.165) is 90.1 Å². The number of hydrogen-bond donors (Lipinski definition) is 1. The minimum atomic E-state index is 0.304. The first-order valence-corrected chi connectivity index (χ1v) is 10.9. The SMILES string of the molecule is CCNC(=NCCCOCC1CCCO1)N1CCN(c2ccc(OC)cc2)CC1. The number of hydrogen-bond acceptors (Lipinski definition) is 5. The number of rotatable bonds is 9. The number of piperazine rings is 1. The quantitative estimate of drug-likeness (QED) is 0.387. The topological polar surface area (TPSA) is 58.6 Å². The van der Waals surface area contributed by atoms with Crippen LogP contribution < -0.4 is 15.0 Å². The molecule has 0 saturated carbocycles. The molecule has 2 aliphatic rings. The van der Waals surface area contributed by atoms with E-state index in [2.05, 4.69) is 34.2 Å². The van der Waals surface area contributed by atoms with E-state index in [0.29, 0.717) is 6.10 Å². The van der Waals surface area contributed by atoms with Crippen LogP contribution >= 0.6 is 0 Å². The normalized spacial score (nSPS) is 20.2. The molecule has 1 N–H and O–H groups in total. The molecule has 1 atom stereocenters. The standard InChI is InChI=1S/C22H36N4O3/c1-3-23-22(24-11-5-16-28-18-21-6-4-17-29-21)26-14-12-25(13-15-26)19-7-9-20(27-2)10-8-19/h7-10,21H,3-6,11-18H2,1-2H3,(H,23,24). The highest BCUT2D eigenvalue weighted by atomic mass is 16.5. The molecule has 0 radical (unpaired) electrons. The average Bonchev–Trinajstić information content (AvgIpc) is 3.29. The fourth-order valence-electron chi connectivity index (χ4n) is 3.74. The van der Waals surface area contributed by atoms with Gasteiger partial charge in [0.15, 0.2) is 5.96 Å². The van der Waals surface area contributed by atoms with Crippen LogP contribution in [-0.2, 0) is 9.47 Å². The molecular weight excluding hydrogens is 368 g/mol. The predicted molar refractivity (Wildman–Crippen MR) is 117 cm³/mol. The van der Waals surface area contributed by atoms with Crippen molar-refractivity contribution in [1.29, 1.82) is 0 Å². The molecule has 2 fully saturated rings. The molecule has 1 aromatic rings. The number of nitrogens with one attached hydrogen (secondary N) is 1. The molecule has 0 bridgehead atoms. The van der Waals surface area contributed by atoms with Gasteiger partial charge in [-0.15, -0.1) is 0 Å². The minimum Gasteiger partial charge on any atom is -0.497 e. The van der Waals surface area contributed by atoms with Crippen LogP contribution in [-0.4, -0.2) is 83.2 Å². The third-order valence-corrected chi connectivity index (χ3v) is 5.39. The van der Waals surface area contributed by atoms with Gasteiger partial charge in [-0.1, -0.05) is 0 Å². The van der Waals surface area contributed by atoms with Crippen LogP contribution in [0.25, 0.3) is 0 Å². The number of benzene rings is 1. The molecule has 7 nitrogen and oxygen atoms in total. The van der Waals surface area contributed by atoms with E-state index in [1.165, 1.54) is 5.69 Å². The van der Waals surface area contributed by atoms with Gasteiger partial charge in [0, 0.05) is 58.2 Å². The second-order valence-corrected chi connectivity index (χ2v) is 7.47. The number of anilines is 1. The van der Waals surface area contributed by atoms with Crippen molar-refractivity contribution in [2.24, 2.45) is 4.99 Å². The van der Waals surface area contributed by atoms with E-state index in [9.17, 15) is 0 Å². The van der Waals surface area contributed by atoms with Gasteiger partial charge in [-0.25, -0.2) is 0 Å². The van der Waals surface area contributed by atoms with Crippen LogP contribution in [0.3, 0.4) is 0 Å². The molecule has 0 amide bonds. The maximum absolute atomic E-state index is 5.74. The van der Waals surface area contributed by atoms with Crippen molar-refractivity contribution in [3.8, 4) is 5.75 Å². The highest BCUT2D eigenvalue weighted by molar-refractivity contribution is 5.80. The zero-order chi connectivity index (χ0) is 20.3. The first-order chi connectivity index (χ1) is 14.3. The lowest BCUT2D eigenvalue weighted by Gasteiger charge is -2.37. The van der Waals surface area contributed by atoms with Crippen molar-refractivity contribution in [3.05, 3.63) is 24.3 Å². The van der Waals surface area contributed by atoms with E-state index in [1.807, 2.05) is 12.1 Å². The number of ether oxygens (including phenoxy) is 3. The average molecular weight is 405 g/mol. The van der Waals surface area contributed by atoms with E-state index in [1.54, 1.807) is 7.11 Å². The Balaban J connectivity index is 1.39. The molecule has 2 heterocycles. The second kappa shape index (κ2) is 11.9. The van der Waals surface area contributed by atoms with Crippen LogP contribution in [0.15, 0.2) is 29.3 Å². The fourth-order valence-corrected chi connectivity index (χ4v) is 3.74. The lowest BCUT2D eigenvalue weighted by molar-refractivity contribution is 0.0170. The van der Waals surface area contributed by atoms with Gasteiger partial charge >= 0.3 is 0 Å². The lowest BCUT2D eigenvalue weighted by atomic mass is 10.2. The first-order valence-electron chi connectivity index (χ1n) is 10.9. The molecule has 0 aromatic heterocycles. The fraction of sp³-hybridized carbons (Fsp3) is 0.682. The van der Waals surface area contributed by atoms with Crippen molar-refractivity contribution in [2.75, 3.05) is 71.1 Å². The zero-order valence-electron chi connectivity index (χ0n) is 17.9. The van der Waals surface area contributed by atoms with Gasteiger partial charge in [0.1, 0.15) is 5.75 Å². The van der Waals surface area contributed by atoms with Crippen molar-refractivity contribution in [3.63, 3.8) is 0 Å². The summed E-state index contributed by atoms with van der Waals surface area (Å²) in [5.74, 6) is 1.91. The van der Waals surface area contributed by atoms with E-state index >= 15 is 0 Å². The molecule has 7 heteroatoms. The molecule has 0 aliphatic carbocycles. The van der Waals surface area contributed by atoms with Gasteiger partial charge in [-0.2, -0.15) is 0 Å². The molecule has 29 heavy (non-hydrogen) atoms. The highest BCUT2D eigenvalue weighted by Crippen LogP contribution is 2.20. The summed E-state index contributed by atoms with van der Waals surface area (Å²) in [6.45, 7) is 10.0. The van der Waals surface area contributed by atoms with Gasteiger partial charge < -0.3 is 29.3 Å². The van der Waals surface area contributed by atoms with Crippen molar-refractivity contribution < 1.29 is 14.2 Å². The van der Waals surface area contributed by atoms with Crippen LogP contribution in [0, 0.1) is 0 Å². The third kappa shape index (κ3) is 6.78. The smallest absolute Gasteiger partial charge is 0.194 e. The summed E-state index contributed by atoms with van der Waals surface area (Å²) in [4.78, 5) is 9.59. The number of nitrogens with zero attached hydrogens (tertiary/aromatic N) is 3. The summed E-state index contributed by atoms with van der Waals surface area (Å²) in [7, 11) is 1.70. The maximum Gasteiger partial charge on any atom is 0.194 e. The maximum atomic E-state index is 5.74. The van der Waals surface area contributed by atoms with E-state index in [-0.39, 0.29) is 0 Å². The minimum absolute atomic E-state index is 0.304. The molecular formula is C22H36N4O3. The Labute approximate surface area is 175 Å². The number of guanidine groups is 1. The van der Waals surface area contributed by atoms with Gasteiger partial charge in [-0.3, -0.25) is 4.99 Å². The molecule has 3 rings (SSSR count). The second-order valence-electron chi connectivity index (χ2n) is 7.47. The van der Waals surface area contributed by atoms with Gasteiger partial charge in [0.05, 0.1) is 19.8 Å². The summed E-state index contributed by atoms with van der Waals surface area (Å²) in [6.07, 6.45) is 3.53. The Bertz CT molecular complexity index is 609. The zero-order valence-corrected chi connectivity index (χ0v) is 17.9. The van der Waals surface area contributed by atoms with Crippen LogP contribution in [0.4, 0.5) is 5.69 Å². The lowest BCUT2D eigenvalue weighted by Crippen LogP contribution is -2.52. The summed E-state index contributed by atoms with van der Waals surface area (Å²) >= 11 is 0. The van der Waals surface area contributed by atoms with Crippen LogP contribution in [0.5, 0.6) is 5.75 Å². The summed E-state index contributed by atoms with van der Waals surface area (Å²) < 4.78 is 16.6. The first kappa shape index (κ1) is 21.7. The summed E-state index contributed by atoms with van der Waals surface area (Å²) in [5, 5.41) is 3.44. The van der Waals surface area contributed by atoms with Crippen LogP contribution in [0.1, 0.15) is 26.2 Å². The Morgan fingerprint density at radius 3 is 2.66 bits per heavy atom. The summed E-state index contributed by atoms with van der Waals surface area (Å²) in [6, 6.07) is 8.30. The van der Waals surface area contributed by atoms with E-state index in [4.69, 9.17) is 19.2 Å². The van der Waals surface area contributed by atoms with Crippen molar-refractivity contribution in [2.45, 2.75) is 32.3 Å². The van der Waals surface area contributed by atoms with Gasteiger partial charge in [0.2, 0.25) is 0 Å². The number of aliphatic imine (C=N–C) groups is 1. The molecule has 1 unspecified atom stereocenters.